The Labute approximate surface area is 119 Å². The van der Waals surface area contributed by atoms with Crippen molar-refractivity contribution in [3.05, 3.63) is 35.4 Å². The average Bonchev–Trinajstić information content (AvgIpc) is 2.36. The highest BCUT2D eigenvalue weighted by molar-refractivity contribution is 7.80. The monoisotopic (exact) mass is 277 g/mol. The van der Waals surface area contributed by atoms with E-state index >= 15 is 0 Å². The average molecular weight is 277 g/mol. The van der Waals surface area contributed by atoms with Gasteiger partial charge in [0.05, 0.1) is 5.54 Å². The van der Waals surface area contributed by atoms with E-state index in [-0.39, 0.29) is 5.91 Å². The topological polar surface area (TPSA) is 58.4 Å². The van der Waals surface area contributed by atoms with E-state index in [0.29, 0.717) is 11.5 Å². The molecule has 0 saturated carbocycles. The predicted molar refractivity (Wildman–Crippen MR) is 79.8 cm³/mol. The van der Waals surface area contributed by atoms with Crippen LogP contribution in [0.15, 0.2) is 24.3 Å². The quantitative estimate of drug-likeness (QED) is 0.810. The van der Waals surface area contributed by atoms with Gasteiger partial charge >= 0.3 is 0 Å². The fourth-order valence-electron chi connectivity index (χ4n) is 2.26. The highest BCUT2D eigenvalue weighted by Crippen LogP contribution is 2.20. The third kappa shape index (κ3) is 2.93. The summed E-state index contributed by atoms with van der Waals surface area (Å²) in [7, 11) is 0. The maximum atomic E-state index is 11.9. The van der Waals surface area contributed by atoms with Crippen LogP contribution in [-0.4, -0.2) is 34.4 Å². The molecule has 3 N–H and O–H groups in total. The third-order valence-corrected chi connectivity index (χ3v) is 3.83. The zero-order chi connectivity index (χ0) is 14.0. The SMILES string of the molecule is CC1(C)C(=O)NCCN1Cc1cccc(C(N)=S)c1. The molecule has 0 aliphatic carbocycles. The Morgan fingerprint density at radius 3 is 2.95 bits per heavy atom. The van der Waals surface area contributed by atoms with E-state index in [4.69, 9.17) is 18.0 Å². The van der Waals surface area contributed by atoms with Crippen LogP contribution in [0.1, 0.15) is 25.0 Å². The van der Waals surface area contributed by atoms with Gasteiger partial charge in [-0.2, -0.15) is 0 Å². The highest BCUT2D eigenvalue weighted by Gasteiger charge is 2.37. The molecule has 1 aromatic rings. The van der Waals surface area contributed by atoms with E-state index in [2.05, 4.69) is 10.2 Å². The molecule has 1 aliphatic heterocycles. The summed E-state index contributed by atoms with van der Waals surface area (Å²) < 4.78 is 0. The molecule has 4 nitrogen and oxygen atoms in total. The number of nitrogens with two attached hydrogens (primary N) is 1. The van der Waals surface area contributed by atoms with Crippen molar-refractivity contribution in [3.8, 4) is 0 Å². The van der Waals surface area contributed by atoms with Crippen LogP contribution in [0.25, 0.3) is 0 Å². The summed E-state index contributed by atoms with van der Waals surface area (Å²) in [4.78, 5) is 14.5. The van der Waals surface area contributed by atoms with Gasteiger partial charge in [-0.25, -0.2) is 0 Å². The Bertz CT molecular complexity index is 513. The van der Waals surface area contributed by atoms with Crippen molar-refractivity contribution in [3.63, 3.8) is 0 Å². The molecule has 1 aromatic carbocycles. The molecule has 0 spiro atoms. The number of nitrogens with zero attached hydrogens (tertiary/aromatic N) is 1. The molecule has 1 heterocycles. The number of piperazine rings is 1. The normalized spacial score (nSPS) is 18.9. The molecule has 1 amide bonds. The van der Waals surface area contributed by atoms with Gasteiger partial charge < -0.3 is 11.1 Å². The number of rotatable bonds is 3. The summed E-state index contributed by atoms with van der Waals surface area (Å²) in [5.74, 6) is 0.0734. The third-order valence-electron chi connectivity index (χ3n) is 3.60. The summed E-state index contributed by atoms with van der Waals surface area (Å²) in [5, 5.41) is 2.90. The predicted octanol–water partition coefficient (Wildman–Crippen LogP) is 1.03. The molecular weight excluding hydrogens is 258 g/mol. The van der Waals surface area contributed by atoms with E-state index in [1.165, 1.54) is 0 Å². The highest BCUT2D eigenvalue weighted by atomic mass is 32.1. The van der Waals surface area contributed by atoms with Crippen LogP contribution < -0.4 is 11.1 Å². The van der Waals surface area contributed by atoms with Crippen LogP contribution >= 0.6 is 12.2 Å². The van der Waals surface area contributed by atoms with Crippen LogP contribution in [-0.2, 0) is 11.3 Å². The Kier molecular flexibility index (Phi) is 3.87. The molecule has 19 heavy (non-hydrogen) atoms. The minimum absolute atomic E-state index is 0.0734. The number of carbonyl (C=O) groups is 1. The molecule has 102 valence electrons. The zero-order valence-corrected chi connectivity index (χ0v) is 12.1. The van der Waals surface area contributed by atoms with Gasteiger partial charge in [0.15, 0.2) is 0 Å². The fourth-order valence-corrected chi connectivity index (χ4v) is 2.39. The zero-order valence-electron chi connectivity index (χ0n) is 11.3. The second-order valence-corrected chi connectivity index (χ2v) is 5.74. The molecule has 0 bridgehead atoms. The molecule has 0 atom stereocenters. The van der Waals surface area contributed by atoms with Crippen LogP contribution in [0.3, 0.4) is 0 Å². The van der Waals surface area contributed by atoms with Gasteiger partial charge in [-0.3, -0.25) is 9.69 Å². The molecule has 0 radical (unpaired) electrons. The summed E-state index contributed by atoms with van der Waals surface area (Å²) in [5.41, 5.74) is 7.14. The largest absolute Gasteiger partial charge is 0.389 e. The Morgan fingerprint density at radius 1 is 1.53 bits per heavy atom. The Balaban J connectivity index is 2.18. The van der Waals surface area contributed by atoms with Crippen molar-refractivity contribution in [2.45, 2.75) is 25.9 Å². The summed E-state index contributed by atoms with van der Waals surface area (Å²) >= 11 is 4.99. The van der Waals surface area contributed by atoms with Gasteiger partial charge in [-0.15, -0.1) is 0 Å². The van der Waals surface area contributed by atoms with Crippen molar-refractivity contribution in [1.29, 1.82) is 0 Å². The standard InChI is InChI=1S/C14H19N3OS/c1-14(2)13(18)16-6-7-17(14)9-10-4-3-5-11(8-10)12(15)19/h3-5,8H,6-7,9H2,1-2H3,(H2,15,19)(H,16,18). The second kappa shape index (κ2) is 5.27. The summed E-state index contributed by atoms with van der Waals surface area (Å²) in [6.07, 6.45) is 0. The first-order valence-electron chi connectivity index (χ1n) is 6.33. The number of benzene rings is 1. The first-order chi connectivity index (χ1) is 8.91. The lowest BCUT2D eigenvalue weighted by molar-refractivity contribution is -0.135. The molecule has 1 aliphatic rings. The Hall–Kier alpha value is -1.46. The van der Waals surface area contributed by atoms with Gasteiger partial charge in [-0.1, -0.05) is 30.4 Å². The van der Waals surface area contributed by atoms with Crippen LogP contribution in [0, 0.1) is 0 Å². The van der Waals surface area contributed by atoms with Gasteiger partial charge in [0.1, 0.15) is 4.99 Å². The number of amides is 1. The minimum Gasteiger partial charge on any atom is -0.389 e. The van der Waals surface area contributed by atoms with Crippen LogP contribution in [0.2, 0.25) is 0 Å². The smallest absolute Gasteiger partial charge is 0.240 e. The van der Waals surface area contributed by atoms with Gasteiger partial charge in [-0.05, 0) is 25.5 Å². The van der Waals surface area contributed by atoms with E-state index in [1.54, 1.807) is 0 Å². The molecule has 5 heteroatoms. The maximum absolute atomic E-state index is 11.9. The van der Waals surface area contributed by atoms with E-state index in [1.807, 2.05) is 38.1 Å². The lowest BCUT2D eigenvalue weighted by atomic mass is 9.97. The first kappa shape index (κ1) is 14.0. The lowest BCUT2D eigenvalue weighted by Gasteiger charge is -2.41. The van der Waals surface area contributed by atoms with Crippen molar-refractivity contribution < 1.29 is 4.79 Å². The fraction of sp³-hybridized carbons (Fsp3) is 0.429. The molecule has 0 aromatic heterocycles. The van der Waals surface area contributed by atoms with Crippen LogP contribution in [0.4, 0.5) is 0 Å². The number of carbonyl (C=O) groups excluding carboxylic acids is 1. The number of nitrogens with one attached hydrogen (secondary N) is 1. The van der Waals surface area contributed by atoms with Crippen molar-refractivity contribution in [2.24, 2.45) is 5.73 Å². The molecule has 2 rings (SSSR count). The summed E-state index contributed by atoms with van der Waals surface area (Å²) in [6.45, 7) is 6.14. The van der Waals surface area contributed by atoms with Crippen LogP contribution in [0.5, 0.6) is 0 Å². The van der Waals surface area contributed by atoms with E-state index in [0.717, 1.165) is 24.2 Å². The van der Waals surface area contributed by atoms with Crippen molar-refractivity contribution in [2.75, 3.05) is 13.1 Å². The number of thiocarbonyl (C=S) groups is 1. The molecule has 0 unspecified atom stereocenters. The number of hydrogen-bond donors (Lipinski definition) is 2. The van der Waals surface area contributed by atoms with Gasteiger partial charge in [0.25, 0.3) is 0 Å². The lowest BCUT2D eigenvalue weighted by Crippen LogP contribution is -2.61. The van der Waals surface area contributed by atoms with E-state index in [9.17, 15) is 4.79 Å². The van der Waals surface area contributed by atoms with Gasteiger partial charge in [0.2, 0.25) is 5.91 Å². The maximum Gasteiger partial charge on any atom is 0.240 e. The first-order valence-corrected chi connectivity index (χ1v) is 6.74. The Morgan fingerprint density at radius 2 is 2.26 bits per heavy atom. The van der Waals surface area contributed by atoms with E-state index < -0.39 is 5.54 Å². The summed E-state index contributed by atoms with van der Waals surface area (Å²) in [6, 6.07) is 7.87. The molecular formula is C14H19N3OS. The molecule has 1 fully saturated rings. The second-order valence-electron chi connectivity index (χ2n) is 5.30. The van der Waals surface area contributed by atoms with Gasteiger partial charge in [0, 0.05) is 25.2 Å². The minimum atomic E-state index is -0.489. The number of hydrogen-bond acceptors (Lipinski definition) is 3. The van der Waals surface area contributed by atoms with Crippen molar-refractivity contribution in [1.82, 2.24) is 10.2 Å². The van der Waals surface area contributed by atoms with Crippen molar-refractivity contribution >= 4 is 23.1 Å². The molecule has 1 saturated heterocycles.